The Balaban J connectivity index is 1.82. The highest BCUT2D eigenvalue weighted by atomic mass is 79.9. The van der Waals surface area contributed by atoms with Crippen LogP contribution < -0.4 is 5.43 Å². The molecule has 6 nitrogen and oxygen atoms in total. The second-order valence-corrected chi connectivity index (χ2v) is 7.02. The van der Waals surface area contributed by atoms with Gasteiger partial charge in [0.1, 0.15) is 0 Å². The van der Waals surface area contributed by atoms with E-state index in [4.69, 9.17) is 0 Å². The number of halogens is 1. The first kappa shape index (κ1) is 19.1. The first-order chi connectivity index (χ1) is 12.0. The summed E-state index contributed by atoms with van der Waals surface area (Å²) in [6.45, 7) is 1.67. The van der Waals surface area contributed by atoms with Crippen LogP contribution in [0.2, 0.25) is 0 Å². The molecule has 0 saturated heterocycles. The van der Waals surface area contributed by atoms with Gasteiger partial charge in [-0.25, -0.2) is 5.43 Å². The Hall–Kier alpha value is -2.19. The van der Waals surface area contributed by atoms with E-state index in [1.807, 2.05) is 24.3 Å². The number of hydrogen-bond donors (Lipinski definition) is 1. The van der Waals surface area contributed by atoms with Crippen molar-refractivity contribution in [1.29, 1.82) is 0 Å². The molecule has 25 heavy (non-hydrogen) atoms. The molecule has 8 heteroatoms. The monoisotopic (exact) mass is 421 g/mol. The fraction of sp³-hybridized carbons (Fsp3) is 0.176. The minimum Gasteiger partial charge on any atom is -0.272 e. The number of rotatable bonds is 7. The molecule has 0 spiro atoms. The molecule has 0 saturated carbocycles. The molecular formula is C17H16BrN3O3S. The van der Waals surface area contributed by atoms with Crippen LogP contribution in [0.1, 0.15) is 16.7 Å². The van der Waals surface area contributed by atoms with Gasteiger partial charge < -0.3 is 0 Å². The predicted molar refractivity (Wildman–Crippen MR) is 104 cm³/mol. The van der Waals surface area contributed by atoms with Crippen LogP contribution in [-0.2, 0) is 10.5 Å². The maximum absolute atomic E-state index is 11.8. The molecule has 2 rings (SSSR count). The Labute approximate surface area is 158 Å². The van der Waals surface area contributed by atoms with Gasteiger partial charge in [0, 0.05) is 27.4 Å². The molecule has 1 N–H and O–H groups in total. The Morgan fingerprint density at radius 3 is 2.84 bits per heavy atom. The van der Waals surface area contributed by atoms with Crippen LogP contribution in [-0.4, -0.2) is 22.8 Å². The molecule has 0 aliphatic heterocycles. The summed E-state index contributed by atoms with van der Waals surface area (Å²) in [6, 6.07) is 12.6. The summed E-state index contributed by atoms with van der Waals surface area (Å²) in [6.07, 6.45) is 1.39. The quantitative estimate of drug-likeness (QED) is 0.415. The highest BCUT2D eigenvalue weighted by molar-refractivity contribution is 9.10. The molecule has 0 bridgehead atoms. The van der Waals surface area contributed by atoms with Crippen molar-refractivity contribution >= 4 is 45.5 Å². The Kier molecular flexibility index (Phi) is 7.15. The molecule has 0 atom stereocenters. The van der Waals surface area contributed by atoms with E-state index < -0.39 is 4.92 Å². The van der Waals surface area contributed by atoms with Gasteiger partial charge in [0.15, 0.2) is 0 Å². The molecule has 0 radical (unpaired) electrons. The van der Waals surface area contributed by atoms with E-state index in [9.17, 15) is 14.9 Å². The third-order valence-electron chi connectivity index (χ3n) is 3.28. The first-order valence-electron chi connectivity index (χ1n) is 7.35. The zero-order valence-corrected chi connectivity index (χ0v) is 15.8. The van der Waals surface area contributed by atoms with Crippen molar-refractivity contribution in [3.8, 4) is 0 Å². The van der Waals surface area contributed by atoms with Crippen LogP contribution in [0.4, 0.5) is 5.69 Å². The molecule has 1 amide bonds. The molecule has 2 aromatic carbocycles. The van der Waals surface area contributed by atoms with E-state index in [-0.39, 0.29) is 17.3 Å². The molecule has 0 aromatic heterocycles. The average molecular weight is 422 g/mol. The standard InChI is InChI=1S/C17H16BrN3O3S/c1-12-6-7-13(8-16(12)21(23)24)9-19-20-17(22)11-25-10-14-4-2-3-5-15(14)18/h2-9H,10-11H2,1H3,(H,20,22)/b19-9-. The van der Waals surface area contributed by atoms with Crippen molar-refractivity contribution in [2.45, 2.75) is 12.7 Å². The van der Waals surface area contributed by atoms with Crippen molar-refractivity contribution in [1.82, 2.24) is 5.43 Å². The van der Waals surface area contributed by atoms with Crippen LogP contribution in [0.15, 0.2) is 52.0 Å². The molecule has 2 aromatic rings. The van der Waals surface area contributed by atoms with Gasteiger partial charge in [-0.1, -0.05) is 46.3 Å². The average Bonchev–Trinajstić information content (AvgIpc) is 2.58. The second kappa shape index (κ2) is 9.33. The zero-order valence-electron chi connectivity index (χ0n) is 13.4. The summed E-state index contributed by atoms with van der Waals surface area (Å²) in [4.78, 5) is 22.2. The highest BCUT2D eigenvalue weighted by Gasteiger charge is 2.10. The van der Waals surface area contributed by atoms with E-state index in [0.717, 1.165) is 10.0 Å². The Morgan fingerprint density at radius 1 is 1.36 bits per heavy atom. The van der Waals surface area contributed by atoms with E-state index in [0.29, 0.717) is 16.9 Å². The second-order valence-electron chi connectivity index (χ2n) is 5.18. The number of amides is 1. The topological polar surface area (TPSA) is 84.6 Å². The number of benzene rings is 2. The van der Waals surface area contributed by atoms with Crippen LogP contribution in [0.3, 0.4) is 0 Å². The smallest absolute Gasteiger partial charge is 0.272 e. The van der Waals surface area contributed by atoms with Crippen LogP contribution in [0, 0.1) is 17.0 Å². The normalized spacial score (nSPS) is 10.8. The molecule has 0 unspecified atom stereocenters. The number of nitrogens with one attached hydrogen (secondary N) is 1. The number of thioether (sulfide) groups is 1. The third-order valence-corrected chi connectivity index (χ3v) is 5.04. The summed E-state index contributed by atoms with van der Waals surface area (Å²) in [5, 5.41) is 14.7. The number of nitrogens with zero attached hydrogens (tertiary/aromatic N) is 2. The molecule has 0 fully saturated rings. The van der Waals surface area contributed by atoms with Crippen LogP contribution in [0.5, 0.6) is 0 Å². The lowest BCUT2D eigenvalue weighted by molar-refractivity contribution is -0.385. The lowest BCUT2D eigenvalue weighted by atomic mass is 10.1. The van der Waals surface area contributed by atoms with Crippen LogP contribution >= 0.6 is 27.7 Å². The van der Waals surface area contributed by atoms with Crippen molar-refractivity contribution in [2.75, 3.05) is 5.75 Å². The van der Waals surface area contributed by atoms with Gasteiger partial charge in [0.2, 0.25) is 5.91 Å². The first-order valence-corrected chi connectivity index (χ1v) is 9.30. The maximum Gasteiger partial charge on any atom is 0.272 e. The molecule has 0 heterocycles. The Bertz CT molecular complexity index is 811. The van der Waals surface area contributed by atoms with Gasteiger partial charge in [-0.05, 0) is 18.6 Å². The number of aryl methyl sites for hydroxylation is 1. The lowest BCUT2D eigenvalue weighted by Gasteiger charge is -2.03. The molecular weight excluding hydrogens is 406 g/mol. The number of nitro benzene ring substituents is 1. The lowest BCUT2D eigenvalue weighted by Crippen LogP contribution is -2.19. The van der Waals surface area contributed by atoms with E-state index in [2.05, 4.69) is 26.5 Å². The van der Waals surface area contributed by atoms with E-state index >= 15 is 0 Å². The van der Waals surface area contributed by atoms with Gasteiger partial charge in [-0.2, -0.15) is 5.10 Å². The number of hydrazone groups is 1. The van der Waals surface area contributed by atoms with Gasteiger partial charge >= 0.3 is 0 Å². The summed E-state index contributed by atoms with van der Waals surface area (Å²) in [7, 11) is 0. The van der Waals surface area contributed by atoms with Crippen LogP contribution in [0.25, 0.3) is 0 Å². The number of carbonyl (C=O) groups is 1. The molecule has 130 valence electrons. The van der Waals surface area contributed by atoms with E-state index in [1.165, 1.54) is 24.0 Å². The molecule has 0 aliphatic rings. The summed E-state index contributed by atoms with van der Waals surface area (Å²) in [5.74, 6) is 0.755. The maximum atomic E-state index is 11.8. The van der Waals surface area contributed by atoms with Crippen molar-refractivity contribution in [3.63, 3.8) is 0 Å². The highest BCUT2D eigenvalue weighted by Crippen LogP contribution is 2.21. The third kappa shape index (κ3) is 5.99. The van der Waals surface area contributed by atoms with Gasteiger partial charge in [-0.3, -0.25) is 14.9 Å². The predicted octanol–water partition coefficient (Wildman–Crippen LogP) is 4.05. The zero-order chi connectivity index (χ0) is 18.2. The fourth-order valence-electron chi connectivity index (χ4n) is 1.98. The summed E-state index contributed by atoms with van der Waals surface area (Å²) in [5.41, 5.74) is 4.70. The number of hydrogen-bond acceptors (Lipinski definition) is 5. The van der Waals surface area contributed by atoms with Gasteiger partial charge in [-0.15, -0.1) is 11.8 Å². The van der Waals surface area contributed by atoms with E-state index in [1.54, 1.807) is 19.1 Å². The van der Waals surface area contributed by atoms with Gasteiger partial charge in [0.05, 0.1) is 16.9 Å². The number of nitro groups is 1. The fourth-order valence-corrected chi connectivity index (χ4v) is 3.42. The van der Waals surface area contributed by atoms with Crippen molar-refractivity contribution in [3.05, 3.63) is 73.7 Å². The molecule has 0 aliphatic carbocycles. The largest absolute Gasteiger partial charge is 0.272 e. The minimum absolute atomic E-state index is 0.0271. The minimum atomic E-state index is -0.441. The SMILES string of the molecule is Cc1ccc(/C=N\NC(=O)CSCc2ccccc2Br)cc1[N+](=O)[O-]. The summed E-state index contributed by atoms with van der Waals surface area (Å²) < 4.78 is 1.02. The number of carbonyl (C=O) groups excluding carboxylic acids is 1. The Morgan fingerprint density at radius 2 is 2.12 bits per heavy atom. The van der Waals surface area contributed by atoms with Crippen molar-refractivity contribution in [2.24, 2.45) is 5.10 Å². The van der Waals surface area contributed by atoms with Gasteiger partial charge in [0.25, 0.3) is 5.69 Å². The summed E-state index contributed by atoms with van der Waals surface area (Å²) >= 11 is 4.94. The van der Waals surface area contributed by atoms with Crippen molar-refractivity contribution < 1.29 is 9.72 Å².